The second kappa shape index (κ2) is 6.66. The fraction of sp³-hybridized carbons (Fsp3) is 0.294. The van der Waals surface area contributed by atoms with Gasteiger partial charge in [0, 0.05) is 24.2 Å². The lowest BCUT2D eigenvalue weighted by atomic mass is 10.0. The van der Waals surface area contributed by atoms with Crippen LogP contribution in [0.25, 0.3) is 11.3 Å². The predicted octanol–water partition coefficient (Wildman–Crippen LogP) is 2.21. The number of carbonyl (C=O) groups is 2. The van der Waals surface area contributed by atoms with E-state index in [-0.39, 0.29) is 5.91 Å². The van der Waals surface area contributed by atoms with Crippen molar-refractivity contribution in [2.45, 2.75) is 0 Å². The van der Waals surface area contributed by atoms with E-state index < -0.39 is 5.97 Å². The third kappa shape index (κ3) is 3.12. The van der Waals surface area contributed by atoms with Gasteiger partial charge in [0.05, 0.1) is 32.2 Å². The van der Waals surface area contributed by atoms with Crippen LogP contribution in [0.15, 0.2) is 41.0 Å². The topological polar surface area (TPSA) is 69.0 Å². The standard InChI is InChI=1S/C17H17NO5/c1-21-17(20)13-5-4-12(11-14(13)15-3-2-8-23-15)16(19)18-6-9-22-10-7-18/h2-5,8,11H,6-7,9-10H2,1H3. The first-order valence-electron chi connectivity index (χ1n) is 7.34. The summed E-state index contributed by atoms with van der Waals surface area (Å²) in [6.45, 7) is 2.20. The molecule has 0 atom stereocenters. The van der Waals surface area contributed by atoms with Gasteiger partial charge < -0.3 is 18.8 Å². The Balaban J connectivity index is 1.98. The van der Waals surface area contributed by atoms with Crippen molar-refractivity contribution in [3.63, 3.8) is 0 Å². The maximum absolute atomic E-state index is 12.6. The molecular formula is C17H17NO5. The van der Waals surface area contributed by atoms with Gasteiger partial charge in [-0.2, -0.15) is 0 Å². The van der Waals surface area contributed by atoms with E-state index in [1.165, 1.54) is 13.4 Å². The lowest BCUT2D eigenvalue weighted by Crippen LogP contribution is -2.40. The van der Waals surface area contributed by atoms with Crippen molar-refractivity contribution in [2.24, 2.45) is 0 Å². The van der Waals surface area contributed by atoms with E-state index in [0.717, 1.165) is 0 Å². The van der Waals surface area contributed by atoms with Crippen LogP contribution >= 0.6 is 0 Å². The van der Waals surface area contributed by atoms with Gasteiger partial charge in [-0.05, 0) is 30.3 Å². The fourth-order valence-electron chi connectivity index (χ4n) is 2.55. The summed E-state index contributed by atoms with van der Waals surface area (Å²) in [6, 6.07) is 8.37. The number of benzene rings is 1. The van der Waals surface area contributed by atoms with E-state index in [1.54, 1.807) is 35.2 Å². The zero-order valence-electron chi connectivity index (χ0n) is 12.8. The lowest BCUT2D eigenvalue weighted by Gasteiger charge is -2.27. The Morgan fingerprint density at radius 1 is 1.17 bits per heavy atom. The molecule has 3 rings (SSSR count). The predicted molar refractivity (Wildman–Crippen MR) is 82.2 cm³/mol. The van der Waals surface area contributed by atoms with Gasteiger partial charge in [-0.25, -0.2) is 4.79 Å². The molecule has 0 saturated carbocycles. The number of rotatable bonds is 3. The highest BCUT2D eigenvalue weighted by Gasteiger charge is 2.22. The van der Waals surface area contributed by atoms with Crippen LogP contribution in [-0.4, -0.2) is 50.2 Å². The quantitative estimate of drug-likeness (QED) is 0.812. The SMILES string of the molecule is COC(=O)c1ccc(C(=O)N2CCOCC2)cc1-c1ccco1. The molecule has 1 fully saturated rings. The molecule has 0 aliphatic carbocycles. The molecule has 0 bridgehead atoms. The largest absolute Gasteiger partial charge is 0.465 e. The summed E-state index contributed by atoms with van der Waals surface area (Å²) in [5, 5.41) is 0. The van der Waals surface area contributed by atoms with E-state index in [1.807, 2.05) is 0 Å². The molecule has 1 aliphatic heterocycles. The Labute approximate surface area is 133 Å². The molecule has 1 aliphatic rings. The van der Waals surface area contributed by atoms with Gasteiger partial charge in [0.1, 0.15) is 5.76 Å². The minimum Gasteiger partial charge on any atom is -0.465 e. The van der Waals surface area contributed by atoms with E-state index in [0.29, 0.717) is 48.8 Å². The summed E-state index contributed by atoms with van der Waals surface area (Å²) in [4.78, 5) is 26.3. The van der Waals surface area contributed by atoms with Crippen molar-refractivity contribution in [2.75, 3.05) is 33.4 Å². The van der Waals surface area contributed by atoms with Crippen LogP contribution in [0.2, 0.25) is 0 Å². The molecule has 6 nitrogen and oxygen atoms in total. The zero-order chi connectivity index (χ0) is 16.2. The highest BCUT2D eigenvalue weighted by atomic mass is 16.5. The average molecular weight is 315 g/mol. The maximum Gasteiger partial charge on any atom is 0.338 e. The van der Waals surface area contributed by atoms with Gasteiger partial charge in [0.2, 0.25) is 0 Å². The highest BCUT2D eigenvalue weighted by Crippen LogP contribution is 2.27. The van der Waals surface area contributed by atoms with Gasteiger partial charge in [0.15, 0.2) is 0 Å². The number of hydrogen-bond donors (Lipinski definition) is 0. The summed E-state index contributed by atoms with van der Waals surface area (Å²) < 4.78 is 15.4. The van der Waals surface area contributed by atoms with Gasteiger partial charge >= 0.3 is 5.97 Å². The normalized spacial score (nSPS) is 14.6. The average Bonchev–Trinajstić information content (AvgIpc) is 3.15. The molecule has 2 heterocycles. The summed E-state index contributed by atoms with van der Waals surface area (Å²) >= 11 is 0. The minimum absolute atomic E-state index is 0.0856. The van der Waals surface area contributed by atoms with Crippen LogP contribution in [0, 0.1) is 0 Å². The van der Waals surface area contributed by atoms with Crippen LogP contribution in [0.5, 0.6) is 0 Å². The first-order valence-corrected chi connectivity index (χ1v) is 7.34. The second-order valence-corrected chi connectivity index (χ2v) is 5.13. The van der Waals surface area contributed by atoms with Crippen molar-refractivity contribution in [3.05, 3.63) is 47.7 Å². The number of ether oxygens (including phenoxy) is 2. The van der Waals surface area contributed by atoms with Crippen LogP contribution < -0.4 is 0 Å². The van der Waals surface area contributed by atoms with Crippen molar-refractivity contribution in [1.29, 1.82) is 0 Å². The molecule has 1 aromatic heterocycles. The number of amides is 1. The lowest BCUT2D eigenvalue weighted by molar-refractivity contribution is 0.0302. The van der Waals surface area contributed by atoms with Gasteiger partial charge in [-0.1, -0.05) is 0 Å². The molecule has 1 aromatic carbocycles. The monoisotopic (exact) mass is 315 g/mol. The molecular weight excluding hydrogens is 298 g/mol. The zero-order valence-corrected chi connectivity index (χ0v) is 12.8. The van der Waals surface area contributed by atoms with Gasteiger partial charge in [0.25, 0.3) is 5.91 Å². The van der Waals surface area contributed by atoms with E-state index in [2.05, 4.69) is 0 Å². The van der Waals surface area contributed by atoms with Crippen molar-refractivity contribution in [3.8, 4) is 11.3 Å². The van der Waals surface area contributed by atoms with Crippen molar-refractivity contribution in [1.82, 2.24) is 4.90 Å². The Morgan fingerprint density at radius 3 is 2.61 bits per heavy atom. The molecule has 6 heteroatoms. The van der Waals surface area contributed by atoms with E-state index >= 15 is 0 Å². The Morgan fingerprint density at radius 2 is 1.96 bits per heavy atom. The van der Waals surface area contributed by atoms with E-state index in [4.69, 9.17) is 13.9 Å². The molecule has 1 amide bonds. The number of esters is 1. The van der Waals surface area contributed by atoms with Crippen LogP contribution in [0.4, 0.5) is 0 Å². The van der Waals surface area contributed by atoms with Crippen molar-refractivity contribution >= 4 is 11.9 Å². The third-order valence-corrected chi connectivity index (χ3v) is 3.76. The third-order valence-electron chi connectivity index (χ3n) is 3.76. The molecule has 120 valence electrons. The molecule has 0 N–H and O–H groups in total. The number of furan rings is 1. The Hall–Kier alpha value is -2.60. The molecule has 1 saturated heterocycles. The number of hydrogen-bond acceptors (Lipinski definition) is 5. The summed E-state index contributed by atoms with van der Waals surface area (Å²) in [5.41, 5.74) is 1.41. The van der Waals surface area contributed by atoms with E-state index in [9.17, 15) is 9.59 Å². The molecule has 0 radical (unpaired) electrons. The second-order valence-electron chi connectivity index (χ2n) is 5.13. The first kappa shape index (κ1) is 15.3. The first-order chi connectivity index (χ1) is 11.2. The molecule has 0 spiro atoms. The number of morpholine rings is 1. The van der Waals surface area contributed by atoms with Gasteiger partial charge in [-0.15, -0.1) is 0 Å². The highest BCUT2D eigenvalue weighted by molar-refractivity contribution is 6.01. The summed E-state index contributed by atoms with van der Waals surface area (Å²) in [7, 11) is 1.32. The molecule has 2 aromatic rings. The van der Waals surface area contributed by atoms with Crippen LogP contribution in [-0.2, 0) is 9.47 Å². The number of nitrogens with zero attached hydrogens (tertiary/aromatic N) is 1. The summed E-state index contributed by atoms with van der Waals surface area (Å²) in [6.07, 6.45) is 1.52. The number of methoxy groups -OCH3 is 1. The fourth-order valence-corrected chi connectivity index (χ4v) is 2.55. The van der Waals surface area contributed by atoms with Gasteiger partial charge in [-0.3, -0.25) is 4.79 Å². The number of carbonyl (C=O) groups excluding carboxylic acids is 2. The van der Waals surface area contributed by atoms with Crippen LogP contribution in [0.1, 0.15) is 20.7 Å². The molecule has 0 unspecified atom stereocenters. The van der Waals surface area contributed by atoms with Crippen LogP contribution in [0.3, 0.4) is 0 Å². The summed E-state index contributed by atoms with van der Waals surface area (Å²) in [5.74, 6) is -0.0404. The maximum atomic E-state index is 12.6. The minimum atomic E-state index is -0.471. The smallest absolute Gasteiger partial charge is 0.338 e. The molecule has 23 heavy (non-hydrogen) atoms. The Bertz CT molecular complexity index is 702. The van der Waals surface area contributed by atoms with Crippen molar-refractivity contribution < 1.29 is 23.5 Å². The Kier molecular flexibility index (Phi) is 4.43.